The Morgan fingerprint density at radius 3 is 2.41 bits per heavy atom. The predicted octanol–water partition coefficient (Wildman–Crippen LogP) is 4.97. The van der Waals surface area contributed by atoms with Crippen molar-refractivity contribution in [2.75, 3.05) is 20.8 Å². The van der Waals surface area contributed by atoms with Gasteiger partial charge < -0.3 is 24.3 Å². The van der Waals surface area contributed by atoms with Gasteiger partial charge in [-0.05, 0) is 61.7 Å². The fourth-order valence-electron chi connectivity index (χ4n) is 4.07. The van der Waals surface area contributed by atoms with Gasteiger partial charge >= 0.3 is 0 Å². The second-order valence-corrected chi connectivity index (χ2v) is 8.96. The molecule has 178 valence electrons. The second kappa shape index (κ2) is 10.1. The number of rotatable bonds is 9. The lowest BCUT2D eigenvalue weighted by atomic mass is 10.0. The third kappa shape index (κ3) is 5.45. The number of methoxy groups -OCH3 is 2. The molecule has 0 bridgehead atoms. The summed E-state index contributed by atoms with van der Waals surface area (Å²) >= 11 is 0. The maximum atomic E-state index is 12.5. The molecule has 0 fully saturated rings. The number of para-hydroxylation sites is 1. The molecule has 1 heterocycles. The molecule has 0 saturated carbocycles. The molecule has 4 rings (SSSR count). The van der Waals surface area contributed by atoms with Gasteiger partial charge in [-0.3, -0.25) is 4.79 Å². The van der Waals surface area contributed by atoms with Gasteiger partial charge in [-0.2, -0.15) is 0 Å². The third-order valence-corrected chi connectivity index (χ3v) is 5.81. The van der Waals surface area contributed by atoms with Gasteiger partial charge in [-0.15, -0.1) is 0 Å². The van der Waals surface area contributed by atoms with Gasteiger partial charge in [0.15, 0.2) is 23.0 Å². The highest BCUT2D eigenvalue weighted by Crippen LogP contribution is 2.42. The Hall–Kier alpha value is -3.67. The van der Waals surface area contributed by atoms with Gasteiger partial charge in [0.05, 0.1) is 14.2 Å². The zero-order valence-corrected chi connectivity index (χ0v) is 20.1. The number of carbonyl (C=O) groups excluding carboxylic acids is 1. The average molecular weight is 462 g/mol. The molecule has 0 aliphatic carbocycles. The van der Waals surface area contributed by atoms with Crippen molar-refractivity contribution in [1.29, 1.82) is 0 Å². The van der Waals surface area contributed by atoms with Crippen molar-refractivity contribution in [3.8, 4) is 23.0 Å². The van der Waals surface area contributed by atoms with E-state index in [0.717, 1.165) is 29.0 Å². The normalized spacial score (nSPS) is 13.5. The first-order valence-electron chi connectivity index (χ1n) is 11.4. The lowest BCUT2D eigenvalue weighted by Gasteiger charge is -2.18. The fraction of sp³-hybridized carbons (Fsp3) is 0.321. The number of hydrogen-bond acceptors (Lipinski definition) is 5. The van der Waals surface area contributed by atoms with E-state index in [1.54, 1.807) is 14.2 Å². The van der Waals surface area contributed by atoms with Crippen LogP contribution < -0.4 is 24.3 Å². The first kappa shape index (κ1) is 23.5. The molecule has 3 aromatic rings. The summed E-state index contributed by atoms with van der Waals surface area (Å²) in [4.78, 5) is 12.5. The molecule has 6 nitrogen and oxygen atoms in total. The zero-order valence-electron chi connectivity index (χ0n) is 20.1. The quantitative estimate of drug-likeness (QED) is 0.487. The maximum Gasteiger partial charge on any atom is 0.251 e. The number of amides is 1. The van der Waals surface area contributed by atoms with Crippen molar-refractivity contribution in [3.63, 3.8) is 0 Å². The first-order chi connectivity index (χ1) is 16.4. The largest absolute Gasteiger partial charge is 0.493 e. The molecule has 0 saturated heterocycles. The van der Waals surface area contributed by atoms with Crippen LogP contribution in [0.5, 0.6) is 23.0 Å². The van der Waals surface area contributed by atoms with Crippen molar-refractivity contribution in [2.45, 2.75) is 38.9 Å². The number of benzene rings is 3. The van der Waals surface area contributed by atoms with Crippen molar-refractivity contribution < 1.29 is 23.7 Å². The molecular formula is C28H31NO5. The first-order valence-corrected chi connectivity index (χ1v) is 11.4. The summed E-state index contributed by atoms with van der Waals surface area (Å²) in [6, 6.07) is 19.2. The Bertz CT molecular complexity index is 1150. The topological polar surface area (TPSA) is 66.0 Å². The van der Waals surface area contributed by atoms with Crippen molar-refractivity contribution in [3.05, 3.63) is 82.9 Å². The van der Waals surface area contributed by atoms with Crippen LogP contribution in [0, 0.1) is 0 Å². The van der Waals surface area contributed by atoms with Crippen molar-refractivity contribution in [2.24, 2.45) is 0 Å². The lowest BCUT2D eigenvalue weighted by Crippen LogP contribution is -2.25. The van der Waals surface area contributed by atoms with Gasteiger partial charge in [0.25, 0.3) is 5.91 Å². The van der Waals surface area contributed by atoms with Gasteiger partial charge in [-0.1, -0.05) is 30.3 Å². The predicted molar refractivity (Wildman–Crippen MR) is 131 cm³/mol. The van der Waals surface area contributed by atoms with E-state index in [1.165, 1.54) is 5.56 Å². The molecule has 1 aliphatic heterocycles. The molecule has 0 atom stereocenters. The second-order valence-electron chi connectivity index (χ2n) is 8.96. The van der Waals surface area contributed by atoms with Crippen LogP contribution in [0.1, 0.15) is 40.9 Å². The fourth-order valence-corrected chi connectivity index (χ4v) is 4.07. The molecule has 3 aromatic carbocycles. The molecule has 1 amide bonds. The smallest absolute Gasteiger partial charge is 0.251 e. The Labute approximate surface area is 200 Å². The van der Waals surface area contributed by atoms with E-state index >= 15 is 0 Å². The molecule has 34 heavy (non-hydrogen) atoms. The highest BCUT2D eigenvalue weighted by molar-refractivity contribution is 5.94. The number of fused-ring (bicyclic) bond motifs is 1. The molecule has 1 N–H and O–H groups in total. The van der Waals surface area contributed by atoms with Crippen LogP contribution in [-0.4, -0.2) is 32.3 Å². The van der Waals surface area contributed by atoms with Crippen LogP contribution in [-0.2, 0) is 19.4 Å². The standard InChI is InChI=1S/C28H31NO5/c1-28(2)17-22-6-5-7-24(26(22)34-28)33-18-20-8-11-21(12-9-20)27(30)29-15-14-19-10-13-23(31-3)25(16-19)32-4/h5-13,16H,14-15,17-18H2,1-4H3,(H,29,30). The molecule has 0 spiro atoms. The van der Waals surface area contributed by atoms with Crippen LogP contribution in [0.25, 0.3) is 0 Å². The Morgan fingerprint density at radius 1 is 0.941 bits per heavy atom. The minimum atomic E-state index is -0.212. The summed E-state index contributed by atoms with van der Waals surface area (Å²) in [5, 5.41) is 2.97. The van der Waals surface area contributed by atoms with E-state index in [9.17, 15) is 4.79 Å². The Morgan fingerprint density at radius 2 is 1.68 bits per heavy atom. The minimum Gasteiger partial charge on any atom is -0.493 e. The summed E-state index contributed by atoms with van der Waals surface area (Å²) in [6.07, 6.45) is 1.56. The summed E-state index contributed by atoms with van der Waals surface area (Å²) < 4.78 is 22.7. The molecular weight excluding hydrogens is 430 g/mol. The monoisotopic (exact) mass is 461 g/mol. The van der Waals surface area contributed by atoms with Crippen molar-refractivity contribution in [1.82, 2.24) is 5.32 Å². The van der Waals surface area contributed by atoms with Crippen molar-refractivity contribution >= 4 is 5.91 Å². The highest BCUT2D eigenvalue weighted by Gasteiger charge is 2.32. The summed E-state index contributed by atoms with van der Waals surface area (Å²) in [7, 11) is 3.22. The van der Waals surface area contributed by atoms with Crippen LogP contribution in [0.3, 0.4) is 0 Å². The molecule has 0 aromatic heterocycles. The van der Waals surface area contributed by atoms with E-state index in [0.29, 0.717) is 36.6 Å². The SMILES string of the molecule is COc1ccc(CCNC(=O)c2ccc(COc3cccc4c3OC(C)(C)C4)cc2)cc1OC. The van der Waals surface area contributed by atoms with Crippen LogP contribution in [0.4, 0.5) is 0 Å². The lowest BCUT2D eigenvalue weighted by molar-refractivity contribution is 0.0954. The average Bonchev–Trinajstić information content (AvgIpc) is 3.17. The molecule has 0 unspecified atom stereocenters. The van der Waals surface area contributed by atoms with E-state index in [4.69, 9.17) is 18.9 Å². The van der Waals surface area contributed by atoms with Gasteiger partial charge in [0.1, 0.15) is 12.2 Å². The maximum absolute atomic E-state index is 12.5. The van der Waals surface area contributed by atoms with Gasteiger partial charge in [-0.25, -0.2) is 0 Å². The minimum absolute atomic E-state index is 0.107. The summed E-state index contributed by atoms with van der Waals surface area (Å²) in [5.74, 6) is 2.84. The number of ether oxygens (including phenoxy) is 4. The summed E-state index contributed by atoms with van der Waals surface area (Å²) in [5.41, 5.74) is 3.61. The molecule has 0 radical (unpaired) electrons. The Balaban J connectivity index is 1.29. The van der Waals surface area contributed by atoms with E-state index < -0.39 is 0 Å². The summed E-state index contributed by atoms with van der Waals surface area (Å²) in [6.45, 7) is 5.08. The van der Waals surface area contributed by atoms with Crippen LogP contribution in [0.2, 0.25) is 0 Å². The molecule has 6 heteroatoms. The van der Waals surface area contributed by atoms with Gasteiger partial charge in [0.2, 0.25) is 0 Å². The van der Waals surface area contributed by atoms with Crippen LogP contribution >= 0.6 is 0 Å². The Kier molecular flexibility index (Phi) is 6.96. The number of carbonyl (C=O) groups is 1. The molecule has 1 aliphatic rings. The highest BCUT2D eigenvalue weighted by atomic mass is 16.5. The van der Waals surface area contributed by atoms with E-state index in [-0.39, 0.29) is 11.5 Å². The van der Waals surface area contributed by atoms with Gasteiger partial charge in [0, 0.05) is 24.1 Å². The number of nitrogens with one attached hydrogen (secondary N) is 1. The third-order valence-electron chi connectivity index (χ3n) is 5.81. The van der Waals surface area contributed by atoms with Crippen LogP contribution in [0.15, 0.2) is 60.7 Å². The van der Waals surface area contributed by atoms with E-state index in [2.05, 4.69) is 25.2 Å². The number of hydrogen-bond donors (Lipinski definition) is 1. The zero-order chi connectivity index (χ0) is 24.1. The van der Waals surface area contributed by atoms with E-state index in [1.807, 2.05) is 54.6 Å².